The van der Waals surface area contributed by atoms with Crippen LogP contribution in [0.25, 0.3) is 0 Å². The Bertz CT molecular complexity index is 492. The largest absolute Gasteiger partial charge is 0.467 e. The minimum absolute atomic E-state index is 0.0389. The van der Waals surface area contributed by atoms with Gasteiger partial charge in [-0.05, 0) is 53.9 Å². The summed E-state index contributed by atoms with van der Waals surface area (Å²) < 4.78 is 16.5. The maximum atomic E-state index is 12.7. The SMILES string of the molecule is C/C=C\C[C@@H](C)[C@H]1OC(C)(C)N(C(=O)OC(C)(C)C)[C@@H]1C(=O)OC. The third-order valence-corrected chi connectivity index (χ3v) is 3.93. The second kappa shape index (κ2) is 7.55. The Morgan fingerprint density at radius 2 is 1.92 bits per heavy atom. The maximum absolute atomic E-state index is 12.7. The fraction of sp³-hybridized carbons (Fsp3) is 0.778. The molecular formula is C18H31NO5. The number of hydrogen-bond donors (Lipinski definition) is 0. The molecule has 0 radical (unpaired) electrons. The highest BCUT2D eigenvalue weighted by atomic mass is 16.6. The van der Waals surface area contributed by atoms with Crippen LogP contribution in [0.2, 0.25) is 0 Å². The molecular weight excluding hydrogens is 310 g/mol. The van der Waals surface area contributed by atoms with Gasteiger partial charge >= 0.3 is 12.1 Å². The minimum Gasteiger partial charge on any atom is -0.467 e. The van der Waals surface area contributed by atoms with Gasteiger partial charge in [-0.1, -0.05) is 19.1 Å². The van der Waals surface area contributed by atoms with Crippen molar-refractivity contribution in [2.75, 3.05) is 7.11 Å². The lowest BCUT2D eigenvalue weighted by Crippen LogP contribution is -2.53. The lowest BCUT2D eigenvalue weighted by molar-refractivity contribution is -0.147. The van der Waals surface area contributed by atoms with E-state index < -0.39 is 35.5 Å². The van der Waals surface area contributed by atoms with Crippen LogP contribution in [0.4, 0.5) is 4.79 Å². The van der Waals surface area contributed by atoms with Gasteiger partial charge in [-0.25, -0.2) is 9.59 Å². The number of ether oxygens (including phenoxy) is 3. The number of nitrogens with zero attached hydrogens (tertiary/aromatic N) is 1. The number of carbonyl (C=O) groups excluding carboxylic acids is 2. The first kappa shape index (κ1) is 20.5. The van der Waals surface area contributed by atoms with Crippen molar-refractivity contribution in [3.8, 4) is 0 Å². The zero-order valence-electron chi connectivity index (χ0n) is 16.1. The van der Waals surface area contributed by atoms with Gasteiger partial charge in [0, 0.05) is 0 Å². The predicted octanol–water partition coefficient (Wildman–Crippen LogP) is 3.50. The van der Waals surface area contributed by atoms with Crippen LogP contribution >= 0.6 is 0 Å². The van der Waals surface area contributed by atoms with Crippen LogP contribution in [-0.4, -0.2) is 47.5 Å². The van der Waals surface area contributed by atoms with E-state index in [0.29, 0.717) is 0 Å². The molecule has 3 atom stereocenters. The summed E-state index contributed by atoms with van der Waals surface area (Å²) in [7, 11) is 1.31. The Balaban J connectivity index is 3.18. The molecule has 1 aliphatic rings. The smallest absolute Gasteiger partial charge is 0.413 e. The minimum atomic E-state index is -0.962. The topological polar surface area (TPSA) is 65.1 Å². The van der Waals surface area contributed by atoms with Crippen LogP contribution in [0.5, 0.6) is 0 Å². The number of methoxy groups -OCH3 is 1. The number of amides is 1. The van der Waals surface area contributed by atoms with E-state index in [9.17, 15) is 9.59 Å². The molecule has 1 rings (SSSR count). The first-order valence-corrected chi connectivity index (χ1v) is 8.33. The molecule has 0 unspecified atom stereocenters. The van der Waals surface area contributed by atoms with Crippen LogP contribution in [0.1, 0.15) is 54.9 Å². The van der Waals surface area contributed by atoms with Gasteiger partial charge in [-0.15, -0.1) is 0 Å². The number of allylic oxidation sites excluding steroid dienone is 2. The molecule has 0 bridgehead atoms. The molecule has 0 aromatic rings. The highest BCUT2D eigenvalue weighted by molar-refractivity contribution is 5.83. The highest BCUT2D eigenvalue weighted by Crippen LogP contribution is 2.38. The van der Waals surface area contributed by atoms with E-state index in [-0.39, 0.29) is 5.92 Å². The molecule has 1 amide bonds. The summed E-state index contributed by atoms with van der Waals surface area (Å²) in [4.78, 5) is 26.5. The zero-order chi connectivity index (χ0) is 18.7. The van der Waals surface area contributed by atoms with E-state index in [1.165, 1.54) is 12.0 Å². The lowest BCUT2D eigenvalue weighted by atomic mass is 9.94. The van der Waals surface area contributed by atoms with Crippen molar-refractivity contribution in [3.63, 3.8) is 0 Å². The van der Waals surface area contributed by atoms with E-state index >= 15 is 0 Å². The van der Waals surface area contributed by atoms with Crippen molar-refractivity contribution >= 4 is 12.1 Å². The van der Waals surface area contributed by atoms with Gasteiger partial charge in [0.2, 0.25) is 0 Å². The molecule has 1 fully saturated rings. The molecule has 24 heavy (non-hydrogen) atoms. The van der Waals surface area contributed by atoms with Gasteiger partial charge in [0.1, 0.15) is 11.3 Å². The summed E-state index contributed by atoms with van der Waals surface area (Å²) in [5.74, 6) is -0.458. The van der Waals surface area contributed by atoms with Crippen molar-refractivity contribution in [1.29, 1.82) is 0 Å². The average Bonchev–Trinajstić information content (AvgIpc) is 2.73. The van der Waals surface area contributed by atoms with E-state index in [0.717, 1.165) is 6.42 Å². The van der Waals surface area contributed by atoms with E-state index in [1.807, 2.05) is 26.0 Å². The fourth-order valence-electron chi connectivity index (χ4n) is 2.85. The molecule has 1 saturated heterocycles. The monoisotopic (exact) mass is 341 g/mol. The van der Waals surface area contributed by atoms with Gasteiger partial charge < -0.3 is 14.2 Å². The summed E-state index contributed by atoms with van der Waals surface area (Å²) in [5.41, 5.74) is -1.63. The molecule has 6 nitrogen and oxygen atoms in total. The summed E-state index contributed by atoms with van der Waals surface area (Å²) >= 11 is 0. The van der Waals surface area contributed by atoms with E-state index in [4.69, 9.17) is 14.2 Å². The highest BCUT2D eigenvalue weighted by Gasteiger charge is 2.56. The van der Waals surface area contributed by atoms with Gasteiger partial charge in [0.05, 0.1) is 13.2 Å². The van der Waals surface area contributed by atoms with Crippen molar-refractivity contribution in [1.82, 2.24) is 4.90 Å². The first-order chi connectivity index (χ1) is 10.9. The number of carbonyl (C=O) groups is 2. The summed E-state index contributed by atoms with van der Waals surface area (Å²) in [5, 5.41) is 0. The van der Waals surface area contributed by atoms with Crippen LogP contribution in [0.3, 0.4) is 0 Å². The van der Waals surface area contributed by atoms with Crippen molar-refractivity contribution in [2.45, 2.75) is 78.4 Å². The Hall–Kier alpha value is -1.56. The molecule has 0 aromatic heterocycles. The predicted molar refractivity (Wildman–Crippen MR) is 91.4 cm³/mol. The number of esters is 1. The lowest BCUT2D eigenvalue weighted by Gasteiger charge is -2.34. The third kappa shape index (κ3) is 4.72. The van der Waals surface area contributed by atoms with Crippen molar-refractivity contribution in [3.05, 3.63) is 12.2 Å². The molecule has 0 saturated carbocycles. The van der Waals surface area contributed by atoms with Crippen LogP contribution in [0, 0.1) is 5.92 Å². The normalized spacial score (nSPS) is 24.9. The number of hydrogen-bond acceptors (Lipinski definition) is 5. The van der Waals surface area contributed by atoms with Crippen LogP contribution in [-0.2, 0) is 19.0 Å². The summed E-state index contributed by atoms with van der Waals surface area (Å²) in [6, 6.07) is -0.833. The maximum Gasteiger partial charge on any atom is 0.413 e. The Morgan fingerprint density at radius 1 is 1.33 bits per heavy atom. The van der Waals surface area contributed by atoms with E-state index in [2.05, 4.69) is 0 Å². The van der Waals surface area contributed by atoms with Crippen LogP contribution in [0.15, 0.2) is 12.2 Å². The van der Waals surface area contributed by atoms with Gasteiger partial charge in [0.15, 0.2) is 6.04 Å². The number of rotatable bonds is 4. The Kier molecular flexibility index (Phi) is 6.45. The zero-order valence-corrected chi connectivity index (χ0v) is 16.1. The second-order valence-electron chi connectivity index (χ2n) is 7.63. The van der Waals surface area contributed by atoms with E-state index in [1.54, 1.807) is 34.6 Å². The van der Waals surface area contributed by atoms with Crippen LogP contribution < -0.4 is 0 Å². The molecule has 1 aliphatic heterocycles. The second-order valence-corrected chi connectivity index (χ2v) is 7.63. The molecule has 6 heteroatoms. The fourth-order valence-corrected chi connectivity index (χ4v) is 2.85. The molecule has 0 aliphatic carbocycles. The molecule has 138 valence electrons. The molecule has 0 N–H and O–H groups in total. The summed E-state index contributed by atoms with van der Waals surface area (Å²) in [6.45, 7) is 12.8. The summed E-state index contributed by atoms with van der Waals surface area (Å²) in [6.07, 6.45) is 3.67. The van der Waals surface area contributed by atoms with Crippen molar-refractivity contribution < 1.29 is 23.8 Å². The average molecular weight is 341 g/mol. The molecule has 0 spiro atoms. The van der Waals surface area contributed by atoms with Gasteiger partial charge in [-0.2, -0.15) is 0 Å². The van der Waals surface area contributed by atoms with Gasteiger partial charge in [0.25, 0.3) is 0 Å². The van der Waals surface area contributed by atoms with Crippen molar-refractivity contribution in [2.24, 2.45) is 5.92 Å². The quantitative estimate of drug-likeness (QED) is 0.578. The standard InChI is InChI=1S/C18H31NO5/c1-9-10-11-12(2)14-13(15(20)22-8)19(18(6,7)23-14)16(21)24-17(3,4)5/h9-10,12-14H,11H2,1-8H3/b10-9-/t12-,13+,14-/m1/s1. The Labute approximate surface area is 145 Å². The molecule has 0 aromatic carbocycles. The Morgan fingerprint density at radius 3 is 2.38 bits per heavy atom. The molecule has 1 heterocycles. The van der Waals surface area contributed by atoms with Gasteiger partial charge in [-0.3, -0.25) is 4.90 Å². The third-order valence-electron chi connectivity index (χ3n) is 3.93. The first-order valence-electron chi connectivity index (χ1n) is 8.33.